The van der Waals surface area contributed by atoms with Gasteiger partial charge in [0.15, 0.2) is 0 Å². The lowest BCUT2D eigenvalue weighted by Crippen LogP contribution is -2.32. The maximum absolute atomic E-state index is 10.7. The van der Waals surface area contributed by atoms with Crippen LogP contribution in [0.2, 0.25) is 0 Å². The van der Waals surface area contributed by atoms with E-state index in [1.165, 1.54) is 16.9 Å². The van der Waals surface area contributed by atoms with Gasteiger partial charge >= 0.3 is 5.97 Å². The number of nitrogens with zero attached hydrogens (tertiary/aromatic N) is 1. The van der Waals surface area contributed by atoms with Crippen LogP contribution >= 0.6 is 11.3 Å². The van der Waals surface area contributed by atoms with Crippen LogP contribution in [0.15, 0.2) is 35.7 Å². The number of carboxylic acids is 1. The Kier molecular flexibility index (Phi) is 4.07. The molecule has 0 aliphatic heterocycles. The van der Waals surface area contributed by atoms with Crippen LogP contribution in [0.25, 0.3) is 0 Å². The van der Waals surface area contributed by atoms with Crippen LogP contribution in [-0.4, -0.2) is 22.1 Å². The van der Waals surface area contributed by atoms with Gasteiger partial charge in [0, 0.05) is 18.2 Å². The Labute approximate surface area is 109 Å². The molecule has 0 saturated heterocycles. The summed E-state index contributed by atoms with van der Waals surface area (Å²) in [7, 11) is 0. The number of aromatic nitrogens is 1. The van der Waals surface area contributed by atoms with Gasteiger partial charge < -0.3 is 10.8 Å². The molecule has 0 spiro atoms. The fraction of sp³-hybridized carbons (Fsp3) is 0.231. The topological polar surface area (TPSA) is 76.2 Å². The van der Waals surface area contributed by atoms with E-state index in [0.29, 0.717) is 0 Å². The number of hydrogen-bond donors (Lipinski definition) is 2. The Bertz CT molecular complexity index is 525. The SMILES string of the molecule is NC(Cc1csc(Cc2ccccc2)n1)C(=O)O. The smallest absolute Gasteiger partial charge is 0.320 e. The predicted octanol–water partition coefficient (Wildman–Crippen LogP) is 1.69. The Morgan fingerprint density at radius 2 is 2.11 bits per heavy atom. The Morgan fingerprint density at radius 3 is 2.78 bits per heavy atom. The van der Waals surface area contributed by atoms with E-state index in [2.05, 4.69) is 4.98 Å². The highest BCUT2D eigenvalue weighted by atomic mass is 32.1. The summed E-state index contributed by atoms with van der Waals surface area (Å²) in [5.74, 6) is -0.993. The van der Waals surface area contributed by atoms with Crippen LogP contribution < -0.4 is 5.73 Å². The summed E-state index contributed by atoms with van der Waals surface area (Å²) in [4.78, 5) is 15.1. The zero-order chi connectivity index (χ0) is 13.0. The first-order valence-electron chi connectivity index (χ1n) is 5.61. The summed E-state index contributed by atoms with van der Waals surface area (Å²) < 4.78 is 0. The average molecular weight is 262 g/mol. The minimum atomic E-state index is -0.993. The Morgan fingerprint density at radius 1 is 1.39 bits per heavy atom. The lowest BCUT2D eigenvalue weighted by atomic mass is 10.1. The fourth-order valence-electron chi connectivity index (χ4n) is 1.61. The molecule has 18 heavy (non-hydrogen) atoms. The second kappa shape index (κ2) is 5.75. The molecule has 0 radical (unpaired) electrons. The van der Waals surface area contributed by atoms with Gasteiger partial charge in [0.2, 0.25) is 0 Å². The van der Waals surface area contributed by atoms with E-state index in [1.54, 1.807) is 0 Å². The third kappa shape index (κ3) is 3.38. The number of carboxylic acid groups (broad SMARTS) is 1. The molecule has 0 amide bonds. The molecule has 2 aromatic rings. The fourth-order valence-corrected chi connectivity index (χ4v) is 2.45. The Hall–Kier alpha value is -1.72. The van der Waals surface area contributed by atoms with Gasteiger partial charge in [0.1, 0.15) is 6.04 Å². The number of nitrogens with two attached hydrogens (primary N) is 1. The van der Waals surface area contributed by atoms with Crippen LogP contribution in [-0.2, 0) is 17.6 Å². The predicted molar refractivity (Wildman–Crippen MR) is 70.7 cm³/mol. The van der Waals surface area contributed by atoms with Crippen molar-refractivity contribution in [3.05, 3.63) is 52.0 Å². The van der Waals surface area contributed by atoms with Crippen molar-refractivity contribution in [1.82, 2.24) is 4.98 Å². The van der Waals surface area contributed by atoms with E-state index in [9.17, 15) is 4.79 Å². The van der Waals surface area contributed by atoms with Gasteiger partial charge in [-0.05, 0) is 5.56 Å². The maximum atomic E-state index is 10.7. The lowest BCUT2D eigenvalue weighted by Gasteiger charge is -2.02. The highest BCUT2D eigenvalue weighted by Gasteiger charge is 2.14. The lowest BCUT2D eigenvalue weighted by molar-refractivity contribution is -0.138. The summed E-state index contributed by atoms with van der Waals surface area (Å²) in [6, 6.07) is 9.17. The average Bonchev–Trinajstić information content (AvgIpc) is 2.77. The van der Waals surface area contributed by atoms with Crippen molar-refractivity contribution in [3.8, 4) is 0 Å². The molecule has 0 aliphatic rings. The van der Waals surface area contributed by atoms with Crippen LogP contribution in [0, 0.1) is 0 Å². The maximum Gasteiger partial charge on any atom is 0.320 e. The van der Waals surface area contributed by atoms with Gasteiger partial charge in [-0.15, -0.1) is 11.3 Å². The molecule has 5 heteroatoms. The molecular formula is C13H14N2O2S. The van der Waals surface area contributed by atoms with E-state index in [0.717, 1.165) is 17.1 Å². The minimum Gasteiger partial charge on any atom is -0.480 e. The van der Waals surface area contributed by atoms with Gasteiger partial charge in [0.05, 0.1) is 10.7 Å². The van der Waals surface area contributed by atoms with E-state index < -0.39 is 12.0 Å². The number of aliphatic carboxylic acids is 1. The molecule has 0 fully saturated rings. The monoisotopic (exact) mass is 262 g/mol. The van der Waals surface area contributed by atoms with Gasteiger partial charge in [0.25, 0.3) is 0 Å². The number of rotatable bonds is 5. The summed E-state index contributed by atoms with van der Waals surface area (Å²) in [5.41, 5.74) is 7.42. The van der Waals surface area contributed by atoms with Crippen molar-refractivity contribution in [2.45, 2.75) is 18.9 Å². The molecule has 0 bridgehead atoms. The molecule has 1 heterocycles. The van der Waals surface area contributed by atoms with Crippen LogP contribution in [0.3, 0.4) is 0 Å². The van der Waals surface area contributed by atoms with Crippen molar-refractivity contribution in [2.75, 3.05) is 0 Å². The molecular weight excluding hydrogens is 248 g/mol. The second-order valence-electron chi connectivity index (χ2n) is 4.04. The van der Waals surface area contributed by atoms with Gasteiger partial charge in [-0.3, -0.25) is 4.79 Å². The first-order chi connectivity index (χ1) is 8.65. The molecule has 3 N–H and O–H groups in total. The summed E-state index contributed by atoms with van der Waals surface area (Å²) >= 11 is 1.54. The Balaban J connectivity index is 2.00. The van der Waals surface area contributed by atoms with Crippen LogP contribution in [0.5, 0.6) is 0 Å². The number of carbonyl (C=O) groups is 1. The highest BCUT2D eigenvalue weighted by Crippen LogP contribution is 2.15. The minimum absolute atomic E-state index is 0.278. The second-order valence-corrected chi connectivity index (χ2v) is 4.99. The van der Waals surface area contributed by atoms with Crippen molar-refractivity contribution in [2.24, 2.45) is 5.73 Å². The van der Waals surface area contributed by atoms with Crippen LogP contribution in [0.4, 0.5) is 0 Å². The van der Waals surface area contributed by atoms with Crippen LogP contribution in [0.1, 0.15) is 16.3 Å². The molecule has 0 aliphatic carbocycles. The van der Waals surface area contributed by atoms with Crippen molar-refractivity contribution in [3.63, 3.8) is 0 Å². The first kappa shape index (κ1) is 12.7. The van der Waals surface area contributed by atoms with E-state index in [4.69, 9.17) is 10.8 Å². The molecule has 2 rings (SSSR count). The zero-order valence-corrected chi connectivity index (χ0v) is 10.6. The third-order valence-corrected chi connectivity index (χ3v) is 3.44. The number of benzene rings is 1. The number of thiazole rings is 1. The van der Waals surface area contributed by atoms with Gasteiger partial charge in [-0.25, -0.2) is 4.98 Å². The quantitative estimate of drug-likeness (QED) is 0.859. The van der Waals surface area contributed by atoms with Crippen molar-refractivity contribution >= 4 is 17.3 Å². The first-order valence-corrected chi connectivity index (χ1v) is 6.48. The molecule has 1 aromatic heterocycles. The van der Waals surface area contributed by atoms with Gasteiger partial charge in [-0.1, -0.05) is 30.3 Å². The molecule has 4 nitrogen and oxygen atoms in total. The molecule has 1 unspecified atom stereocenters. The summed E-state index contributed by atoms with van der Waals surface area (Å²) in [6.07, 6.45) is 1.05. The zero-order valence-electron chi connectivity index (χ0n) is 9.74. The molecule has 0 saturated carbocycles. The standard InChI is InChI=1S/C13H14N2O2S/c14-11(13(16)17)7-10-8-18-12(15-10)6-9-4-2-1-3-5-9/h1-5,8,11H,6-7,14H2,(H,16,17). The van der Waals surface area contributed by atoms with E-state index >= 15 is 0 Å². The largest absolute Gasteiger partial charge is 0.480 e. The van der Waals surface area contributed by atoms with Gasteiger partial charge in [-0.2, -0.15) is 0 Å². The third-order valence-electron chi connectivity index (χ3n) is 2.54. The summed E-state index contributed by atoms with van der Waals surface area (Å²) in [5, 5.41) is 11.6. The highest BCUT2D eigenvalue weighted by molar-refractivity contribution is 7.09. The van der Waals surface area contributed by atoms with Crippen molar-refractivity contribution in [1.29, 1.82) is 0 Å². The van der Waals surface area contributed by atoms with Crippen molar-refractivity contribution < 1.29 is 9.90 Å². The van der Waals surface area contributed by atoms with E-state index in [-0.39, 0.29) is 6.42 Å². The molecule has 1 atom stereocenters. The van der Waals surface area contributed by atoms with E-state index in [1.807, 2.05) is 35.7 Å². The normalized spacial score (nSPS) is 12.3. The summed E-state index contributed by atoms with van der Waals surface area (Å²) in [6.45, 7) is 0. The number of hydrogen-bond acceptors (Lipinski definition) is 4. The molecule has 94 valence electrons. The molecule has 1 aromatic carbocycles.